The minimum absolute atomic E-state index is 0.101. The summed E-state index contributed by atoms with van der Waals surface area (Å²) in [5.74, 6) is -0.365. The first-order chi connectivity index (χ1) is 15.1. The second-order valence-electron chi connectivity index (χ2n) is 9.20. The molecule has 3 rings (SSSR count). The van der Waals surface area contributed by atoms with Gasteiger partial charge in [-0.2, -0.15) is 0 Å². The topological polar surface area (TPSA) is 99.1 Å². The van der Waals surface area contributed by atoms with Crippen molar-refractivity contribution in [3.8, 4) is 0 Å². The third kappa shape index (κ3) is 6.31. The van der Waals surface area contributed by atoms with Crippen molar-refractivity contribution in [2.24, 2.45) is 0 Å². The lowest BCUT2D eigenvalue weighted by molar-refractivity contribution is -0.137. The van der Waals surface area contributed by atoms with Crippen LogP contribution in [-0.4, -0.2) is 57.0 Å². The Balaban J connectivity index is 1.91. The van der Waals surface area contributed by atoms with Gasteiger partial charge >= 0.3 is 6.09 Å². The summed E-state index contributed by atoms with van der Waals surface area (Å²) in [4.78, 5) is 27.5. The van der Waals surface area contributed by atoms with E-state index in [-0.39, 0.29) is 18.9 Å². The maximum atomic E-state index is 13.6. The molecule has 7 heteroatoms. The van der Waals surface area contributed by atoms with E-state index in [1.807, 2.05) is 60.7 Å². The number of benzene rings is 2. The highest BCUT2D eigenvalue weighted by Crippen LogP contribution is 2.25. The molecule has 2 aromatic rings. The molecule has 2 aromatic carbocycles. The van der Waals surface area contributed by atoms with E-state index in [1.54, 1.807) is 25.7 Å². The molecule has 0 aliphatic carbocycles. The second-order valence-corrected chi connectivity index (χ2v) is 9.20. The van der Waals surface area contributed by atoms with Crippen LogP contribution in [0.2, 0.25) is 0 Å². The van der Waals surface area contributed by atoms with Crippen LogP contribution in [0.1, 0.15) is 38.3 Å². The van der Waals surface area contributed by atoms with Gasteiger partial charge in [-0.3, -0.25) is 4.79 Å². The average Bonchev–Trinajstić information content (AvgIpc) is 2.81. The van der Waals surface area contributed by atoms with Gasteiger partial charge in [-0.25, -0.2) is 4.79 Å². The van der Waals surface area contributed by atoms with Gasteiger partial charge in [0.1, 0.15) is 17.7 Å². The van der Waals surface area contributed by atoms with E-state index in [0.29, 0.717) is 6.42 Å². The Morgan fingerprint density at radius 2 is 1.59 bits per heavy atom. The molecule has 7 nitrogen and oxygen atoms in total. The van der Waals surface area contributed by atoms with Gasteiger partial charge in [-0.1, -0.05) is 60.7 Å². The standard InChI is InChI=1S/C25H32N2O5/c1-25(2,3)32-24(31)26-19-15-21(28)22(29)20(14-17-10-6-4-7-11-17)27(23(19)30)16-18-12-8-5-9-13-18/h4-13,19-22,28-29H,14-16H2,1-3H3,(H,26,31)/t19-,20-,21+,22-/m0/s1. The summed E-state index contributed by atoms with van der Waals surface area (Å²) in [6.45, 7) is 5.44. The summed E-state index contributed by atoms with van der Waals surface area (Å²) in [5.41, 5.74) is 1.10. The van der Waals surface area contributed by atoms with E-state index in [4.69, 9.17) is 4.74 Å². The number of nitrogens with zero attached hydrogens (tertiary/aromatic N) is 1. The van der Waals surface area contributed by atoms with E-state index in [0.717, 1.165) is 11.1 Å². The number of likely N-dealkylation sites (tertiary alicyclic amines) is 1. The second kappa shape index (κ2) is 10.1. The van der Waals surface area contributed by atoms with Gasteiger partial charge < -0.3 is 25.2 Å². The Morgan fingerprint density at radius 3 is 2.16 bits per heavy atom. The van der Waals surface area contributed by atoms with Crippen molar-refractivity contribution in [1.82, 2.24) is 10.2 Å². The van der Waals surface area contributed by atoms with Crippen molar-refractivity contribution in [3.05, 3.63) is 71.8 Å². The van der Waals surface area contributed by atoms with E-state index in [2.05, 4.69) is 5.32 Å². The molecule has 32 heavy (non-hydrogen) atoms. The number of carbonyl (C=O) groups excluding carboxylic acids is 2. The van der Waals surface area contributed by atoms with Gasteiger partial charge in [-0.15, -0.1) is 0 Å². The molecule has 0 radical (unpaired) electrons. The van der Waals surface area contributed by atoms with E-state index < -0.39 is 36.0 Å². The number of rotatable bonds is 5. The first-order valence-corrected chi connectivity index (χ1v) is 10.9. The van der Waals surface area contributed by atoms with Gasteiger partial charge in [0.2, 0.25) is 5.91 Å². The van der Waals surface area contributed by atoms with Crippen LogP contribution in [0, 0.1) is 0 Å². The molecule has 0 saturated carbocycles. The maximum Gasteiger partial charge on any atom is 0.408 e. The number of aliphatic hydroxyl groups is 2. The summed E-state index contributed by atoms with van der Waals surface area (Å²) in [7, 11) is 0. The number of carbonyl (C=O) groups is 2. The Hall–Kier alpha value is -2.90. The molecule has 3 N–H and O–H groups in total. The zero-order chi connectivity index (χ0) is 23.3. The average molecular weight is 441 g/mol. The fraction of sp³-hybridized carbons (Fsp3) is 0.440. The Labute approximate surface area is 189 Å². The number of hydrogen-bond donors (Lipinski definition) is 3. The molecule has 2 amide bonds. The van der Waals surface area contributed by atoms with Crippen molar-refractivity contribution >= 4 is 12.0 Å². The molecule has 4 atom stereocenters. The number of ether oxygens (including phenoxy) is 1. The SMILES string of the molecule is CC(C)(C)OC(=O)N[C@H]1C[C@@H](O)[C@@H](O)[C@H](Cc2ccccc2)N(Cc2ccccc2)C1=O. The monoisotopic (exact) mass is 440 g/mol. The normalized spacial score (nSPS) is 24.0. The zero-order valence-corrected chi connectivity index (χ0v) is 18.8. The first kappa shape index (κ1) is 23.8. The number of amides is 2. The van der Waals surface area contributed by atoms with Crippen LogP contribution in [-0.2, 0) is 22.5 Å². The van der Waals surface area contributed by atoms with Crippen LogP contribution in [0.5, 0.6) is 0 Å². The van der Waals surface area contributed by atoms with E-state index >= 15 is 0 Å². The molecule has 0 spiro atoms. The highest BCUT2D eigenvalue weighted by molar-refractivity contribution is 5.86. The zero-order valence-electron chi connectivity index (χ0n) is 18.8. The number of hydrogen-bond acceptors (Lipinski definition) is 5. The molecule has 1 fully saturated rings. The van der Waals surface area contributed by atoms with Crippen molar-refractivity contribution in [1.29, 1.82) is 0 Å². The minimum Gasteiger partial charge on any atom is -0.444 e. The Morgan fingerprint density at radius 1 is 1.03 bits per heavy atom. The summed E-state index contributed by atoms with van der Waals surface area (Å²) in [6, 6.07) is 17.3. The molecular formula is C25H32N2O5. The third-order valence-corrected chi connectivity index (χ3v) is 5.42. The van der Waals surface area contributed by atoms with Crippen molar-refractivity contribution in [2.45, 2.75) is 70.1 Å². The largest absolute Gasteiger partial charge is 0.444 e. The fourth-order valence-corrected chi connectivity index (χ4v) is 3.92. The van der Waals surface area contributed by atoms with Crippen molar-refractivity contribution in [2.75, 3.05) is 0 Å². The van der Waals surface area contributed by atoms with Gasteiger partial charge in [0.05, 0.1) is 12.1 Å². The smallest absolute Gasteiger partial charge is 0.408 e. The fourth-order valence-electron chi connectivity index (χ4n) is 3.92. The summed E-state index contributed by atoms with van der Waals surface area (Å²) < 4.78 is 5.30. The molecule has 1 aliphatic heterocycles. The summed E-state index contributed by atoms with van der Waals surface area (Å²) in [5, 5.41) is 24.3. The molecule has 172 valence electrons. The molecule has 1 saturated heterocycles. The maximum absolute atomic E-state index is 13.6. The van der Waals surface area contributed by atoms with Crippen LogP contribution in [0.25, 0.3) is 0 Å². The van der Waals surface area contributed by atoms with Gasteiger partial charge in [-0.05, 0) is 38.3 Å². The highest BCUT2D eigenvalue weighted by Gasteiger charge is 2.43. The predicted molar refractivity (Wildman–Crippen MR) is 121 cm³/mol. The van der Waals surface area contributed by atoms with Crippen LogP contribution < -0.4 is 5.32 Å². The van der Waals surface area contributed by atoms with Gasteiger partial charge in [0.25, 0.3) is 0 Å². The third-order valence-electron chi connectivity index (χ3n) is 5.42. The number of alkyl carbamates (subject to hydrolysis) is 1. The van der Waals surface area contributed by atoms with Crippen LogP contribution >= 0.6 is 0 Å². The molecule has 1 heterocycles. The Bertz CT molecular complexity index is 898. The van der Waals surface area contributed by atoms with Crippen molar-refractivity contribution in [3.63, 3.8) is 0 Å². The Kier molecular flexibility index (Phi) is 7.53. The number of nitrogens with one attached hydrogen (secondary N) is 1. The molecule has 0 bridgehead atoms. The summed E-state index contributed by atoms with van der Waals surface area (Å²) >= 11 is 0. The number of aliphatic hydroxyl groups excluding tert-OH is 2. The molecular weight excluding hydrogens is 408 g/mol. The first-order valence-electron chi connectivity index (χ1n) is 10.9. The van der Waals surface area contributed by atoms with Crippen molar-refractivity contribution < 1.29 is 24.5 Å². The van der Waals surface area contributed by atoms with E-state index in [9.17, 15) is 19.8 Å². The van der Waals surface area contributed by atoms with Gasteiger partial charge in [0.15, 0.2) is 0 Å². The molecule has 0 aromatic heterocycles. The molecule has 0 unspecified atom stereocenters. The quantitative estimate of drug-likeness (QED) is 0.664. The van der Waals surface area contributed by atoms with Crippen LogP contribution in [0.4, 0.5) is 4.79 Å². The summed E-state index contributed by atoms with van der Waals surface area (Å²) in [6.07, 6.45) is -2.83. The lowest BCUT2D eigenvalue weighted by atomic mass is 9.96. The molecule has 1 aliphatic rings. The minimum atomic E-state index is -1.19. The van der Waals surface area contributed by atoms with Gasteiger partial charge in [0, 0.05) is 13.0 Å². The lowest BCUT2D eigenvalue weighted by Crippen LogP contribution is -2.52. The predicted octanol–water partition coefficient (Wildman–Crippen LogP) is 2.65. The van der Waals surface area contributed by atoms with E-state index in [1.165, 1.54) is 0 Å². The highest BCUT2D eigenvalue weighted by atomic mass is 16.6. The lowest BCUT2D eigenvalue weighted by Gasteiger charge is -2.35. The van der Waals surface area contributed by atoms with Crippen LogP contribution in [0.3, 0.4) is 0 Å². The van der Waals surface area contributed by atoms with Crippen LogP contribution in [0.15, 0.2) is 60.7 Å².